The topological polar surface area (TPSA) is 91.8 Å². The molecule has 1 heterocycles. The molecule has 0 unspecified atom stereocenters. The molecule has 1 amide bonds. The SMILES string of the molecule is N#Cc1cccc(NC(=O)CSc2nnc(Cc3ccccc3)o2)c1. The van der Waals surface area contributed by atoms with Crippen molar-refractivity contribution in [3.63, 3.8) is 0 Å². The van der Waals surface area contributed by atoms with Gasteiger partial charge in [0, 0.05) is 5.69 Å². The zero-order valence-electron chi connectivity index (χ0n) is 13.2. The number of nitriles is 1. The van der Waals surface area contributed by atoms with Crippen LogP contribution in [0.1, 0.15) is 17.0 Å². The van der Waals surface area contributed by atoms with Gasteiger partial charge in [-0.1, -0.05) is 48.2 Å². The quantitative estimate of drug-likeness (QED) is 0.686. The number of anilines is 1. The maximum atomic E-state index is 12.0. The molecule has 3 aromatic rings. The number of thioether (sulfide) groups is 1. The second-order valence-corrected chi connectivity index (χ2v) is 6.08. The Morgan fingerprint density at radius 2 is 2.00 bits per heavy atom. The van der Waals surface area contributed by atoms with E-state index in [1.165, 1.54) is 11.8 Å². The molecule has 0 aliphatic rings. The Bertz CT molecular complexity index is 903. The minimum atomic E-state index is -0.206. The average molecular weight is 350 g/mol. The standard InChI is InChI=1S/C18H14N4O2S/c19-11-14-7-4-8-15(9-14)20-16(23)12-25-18-22-21-17(24-18)10-13-5-2-1-3-6-13/h1-9H,10,12H2,(H,20,23). The third-order valence-electron chi connectivity index (χ3n) is 3.25. The van der Waals surface area contributed by atoms with Gasteiger partial charge in [-0.25, -0.2) is 0 Å². The van der Waals surface area contributed by atoms with E-state index in [9.17, 15) is 4.79 Å². The van der Waals surface area contributed by atoms with Gasteiger partial charge in [0.05, 0.1) is 23.8 Å². The van der Waals surface area contributed by atoms with Crippen LogP contribution in [0.4, 0.5) is 5.69 Å². The summed E-state index contributed by atoms with van der Waals surface area (Å²) in [5.41, 5.74) is 2.16. The number of rotatable bonds is 6. The van der Waals surface area contributed by atoms with Crippen LogP contribution in [0.2, 0.25) is 0 Å². The van der Waals surface area contributed by atoms with E-state index in [2.05, 4.69) is 15.5 Å². The fourth-order valence-electron chi connectivity index (χ4n) is 2.13. The smallest absolute Gasteiger partial charge is 0.277 e. The van der Waals surface area contributed by atoms with E-state index in [-0.39, 0.29) is 11.7 Å². The largest absolute Gasteiger partial charge is 0.416 e. The molecule has 0 fully saturated rings. The molecule has 7 heteroatoms. The van der Waals surface area contributed by atoms with Crippen molar-refractivity contribution in [2.45, 2.75) is 11.6 Å². The van der Waals surface area contributed by atoms with E-state index in [0.717, 1.165) is 5.56 Å². The van der Waals surface area contributed by atoms with Crippen molar-refractivity contribution in [3.8, 4) is 6.07 Å². The number of nitrogens with zero attached hydrogens (tertiary/aromatic N) is 3. The molecule has 0 bridgehead atoms. The number of amides is 1. The van der Waals surface area contributed by atoms with Gasteiger partial charge in [-0.3, -0.25) is 4.79 Å². The Kier molecular flexibility index (Phi) is 5.44. The molecule has 2 aromatic carbocycles. The molecule has 25 heavy (non-hydrogen) atoms. The van der Waals surface area contributed by atoms with Crippen LogP contribution >= 0.6 is 11.8 Å². The highest BCUT2D eigenvalue weighted by Gasteiger charge is 2.10. The lowest BCUT2D eigenvalue weighted by Gasteiger charge is -2.03. The van der Waals surface area contributed by atoms with Gasteiger partial charge >= 0.3 is 0 Å². The predicted molar refractivity (Wildman–Crippen MR) is 94.1 cm³/mol. The Morgan fingerprint density at radius 1 is 1.16 bits per heavy atom. The van der Waals surface area contributed by atoms with Crippen LogP contribution in [-0.4, -0.2) is 21.9 Å². The van der Waals surface area contributed by atoms with E-state index < -0.39 is 0 Å². The Labute approximate surface area is 148 Å². The molecule has 0 aliphatic carbocycles. The summed E-state index contributed by atoms with van der Waals surface area (Å²) >= 11 is 1.17. The van der Waals surface area contributed by atoms with Crippen LogP contribution in [0, 0.1) is 11.3 Å². The second-order valence-electron chi connectivity index (χ2n) is 5.15. The Morgan fingerprint density at radius 3 is 2.80 bits per heavy atom. The molecule has 1 N–H and O–H groups in total. The number of benzene rings is 2. The normalized spacial score (nSPS) is 10.2. The molecule has 124 valence electrons. The molecule has 0 aliphatic heterocycles. The maximum absolute atomic E-state index is 12.0. The van der Waals surface area contributed by atoms with Crippen LogP contribution in [-0.2, 0) is 11.2 Å². The van der Waals surface area contributed by atoms with Crippen molar-refractivity contribution in [1.29, 1.82) is 5.26 Å². The second kappa shape index (κ2) is 8.13. The van der Waals surface area contributed by atoms with Crippen molar-refractivity contribution in [1.82, 2.24) is 10.2 Å². The van der Waals surface area contributed by atoms with E-state index in [4.69, 9.17) is 9.68 Å². The lowest BCUT2D eigenvalue weighted by atomic mass is 10.2. The molecule has 0 radical (unpaired) electrons. The molecular weight excluding hydrogens is 336 g/mol. The van der Waals surface area contributed by atoms with Crippen LogP contribution in [0.3, 0.4) is 0 Å². The minimum Gasteiger partial charge on any atom is -0.416 e. The summed E-state index contributed by atoms with van der Waals surface area (Å²) < 4.78 is 5.54. The molecule has 0 atom stereocenters. The predicted octanol–water partition coefficient (Wildman–Crippen LogP) is 3.26. The van der Waals surface area contributed by atoms with Gasteiger partial charge in [-0.2, -0.15) is 5.26 Å². The highest BCUT2D eigenvalue weighted by atomic mass is 32.2. The van der Waals surface area contributed by atoms with Crippen molar-refractivity contribution >= 4 is 23.4 Å². The van der Waals surface area contributed by atoms with E-state index in [1.807, 2.05) is 36.4 Å². The van der Waals surface area contributed by atoms with Gasteiger partial charge in [0.25, 0.3) is 5.22 Å². The van der Waals surface area contributed by atoms with Crippen molar-refractivity contribution < 1.29 is 9.21 Å². The molecule has 1 aromatic heterocycles. The molecule has 6 nitrogen and oxygen atoms in total. The first-order valence-electron chi connectivity index (χ1n) is 7.52. The van der Waals surface area contributed by atoms with Gasteiger partial charge in [-0.15, -0.1) is 10.2 Å². The van der Waals surface area contributed by atoms with Crippen molar-refractivity contribution in [2.24, 2.45) is 0 Å². The van der Waals surface area contributed by atoms with Gasteiger partial charge in [0.15, 0.2) is 0 Å². The summed E-state index contributed by atoms with van der Waals surface area (Å²) in [6.07, 6.45) is 0.557. The lowest BCUT2D eigenvalue weighted by molar-refractivity contribution is -0.113. The number of nitrogens with one attached hydrogen (secondary N) is 1. The number of carbonyl (C=O) groups is 1. The fraction of sp³-hybridized carbons (Fsp3) is 0.111. The lowest BCUT2D eigenvalue weighted by Crippen LogP contribution is -2.14. The monoisotopic (exact) mass is 350 g/mol. The highest BCUT2D eigenvalue weighted by molar-refractivity contribution is 7.99. The zero-order chi connectivity index (χ0) is 17.5. The van der Waals surface area contributed by atoms with Crippen molar-refractivity contribution in [2.75, 3.05) is 11.1 Å². The molecular formula is C18H14N4O2S. The third-order valence-corrected chi connectivity index (χ3v) is 4.07. The number of aromatic nitrogens is 2. The molecule has 0 saturated heterocycles. The van der Waals surface area contributed by atoms with Crippen LogP contribution in [0.15, 0.2) is 64.2 Å². The summed E-state index contributed by atoms with van der Waals surface area (Å²) in [5, 5.41) is 19.9. The molecule has 0 spiro atoms. The fourth-order valence-corrected chi connectivity index (χ4v) is 2.71. The first-order chi connectivity index (χ1) is 12.2. The van der Waals surface area contributed by atoms with Gasteiger partial charge in [0.2, 0.25) is 11.8 Å². The summed E-state index contributed by atoms with van der Waals surface area (Å²) in [5.74, 6) is 0.447. The van der Waals surface area contributed by atoms with Gasteiger partial charge < -0.3 is 9.73 Å². The highest BCUT2D eigenvalue weighted by Crippen LogP contribution is 2.18. The van der Waals surface area contributed by atoms with E-state index in [1.54, 1.807) is 24.3 Å². The summed E-state index contributed by atoms with van der Waals surface area (Å²) in [6, 6.07) is 18.6. The minimum absolute atomic E-state index is 0.143. The third kappa shape index (κ3) is 4.93. The maximum Gasteiger partial charge on any atom is 0.277 e. The Hall–Kier alpha value is -3.11. The molecule has 0 saturated carbocycles. The van der Waals surface area contributed by atoms with Crippen LogP contribution < -0.4 is 5.32 Å². The van der Waals surface area contributed by atoms with E-state index >= 15 is 0 Å². The van der Waals surface area contributed by atoms with Gasteiger partial charge in [-0.05, 0) is 23.8 Å². The number of hydrogen-bond donors (Lipinski definition) is 1. The number of carbonyl (C=O) groups excluding carboxylic acids is 1. The van der Waals surface area contributed by atoms with Crippen molar-refractivity contribution in [3.05, 3.63) is 71.6 Å². The first kappa shape index (κ1) is 16.7. The molecule has 3 rings (SSSR count). The summed E-state index contributed by atoms with van der Waals surface area (Å²) in [4.78, 5) is 12.0. The first-order valence-corrected chi connectivity index (χ1v) is 8.50. The average Bonchev–Trinajstić information content (AvgIpc) is 3.08. The summed E-state index contributed by atoms with van der Waals surface area (Å²) in [6.45, 7) is 0. The number of hydrogen-bond acceptors (Lipinski definition) is 6. The summed E-state index contributed by atoms with van der Waals surface area (Å²) in [7, 11) is 0. The zero-order valence-corrected chi connectivity index (χ0v) is 14.0. The Balaban J connectivity index is 1.51. The van der Waals surface area contributed by atoms with Crippen LogP contribution in [0.25, 0.3) is 0 Å². The van der Waals surface area contributed by atoms with Crippen LogP contribution in [0.5, 0.6) is 0 Å². The van der Waals surface area contributed by atoms with Gasteiger partial charge in [0.1, 0.15) is 0 Å². The van der Waals surface area contributed by atoms with E-state index in [0.29, 0.717) is 28.8 Å².